The average Bonchev–Trinajstić information content (AvgIpc) is 1.61. The van der Waals surface area contributed by atoms with Crippen LogP contribution in [0.5, 0.6) is 0 Å². The molecule has 0 rings (SSSR count). The third kappa shape index (κ3) is 5.25. The summed E-state index contributed by atoms with van der Waals surface area (Å²) >= 11 is 7.05. The molecule has 6 heavy (non-hydrogen) atoms. The van der Waals surface area contributed by atoms with Gasteiger partial charge in [0.15, 0.2) is 0 Å². The molecule has 0 spiro atoms. The Labute approximate surface area is 58.7 Å². The fraction of sp³-hybridized carbons (Fsp3) is 1.00. The van der Waals surface area contributed by atoms with Crippen LogP contribution >= 0.6 is 29.9 Å². The lowest BCUT2D eigenvalue weighted by molar-refractivity contribution is 1.15. The summed E-state index contributed by atoms with van der Waals surface area (Å²) in [4.78, 5) is 0. The Morgan fingerprint density at radius 2 is 2.33 bits per heavy atom. The lowest BCUT2D eigenvalue weighted by atomic mass is 10.6. The molecule has 0 aromatic carbocycles. The van der Waals surface area contributed by atoms with Gasteiger partial charge in [0, 0.05) is 10.6 Å². The molecule has 0 fully saturated rings. The normalized spacial score (nSPS) is 9.50. The molecule has 0 nitrogen and oxygen atoms in total. The van der Waals surface area contributed by atoms with Crippen LogP contribution in [0.4, 0.5) is 0 Å². The largest absolute Gasteiger partial charge is 0.0864 e. The molecule has 0 atom stereocenters. The molecule has 0 amide bonds. The van der Waals surface area contributed by atoms with Gasteiger partial charge in [0.1, 0.15) is 0 Å². The van der Waals surface area contributed by atoms with Crippen molar-refractivity contribution in [3.63, 3.8) is 0 Å². The summed E-state index contributed by atoms with van der Waals surface area (Å²) in [5.74, 6) is 0. The van der Waals surface area contributed by atoms with E-state index in [0.717, 1.165) is 7.36 Å². The molecular formula is C3H6IPS. The highest BCUT2D eigenvalue weighted by molar-refractivity contribution is 14.1. The van der Waals surface area contributed by atoms with Gasteiger partial charge in [-0.25, -0.2) is 0 Å². The minimum absolute atomic E-state index is 1.12. The van der Waals surface area contributed by atoms with Crippen LogP contribution in [0.15, 0.2) is 0 Å². The highest BCUT2D eigenvalue weighted by Gasteiger charge is 1.74. The van der Waals surface area contributed by atoms with Gasteiger partial charge in [0.05, 0.1) is 0 Å². The van der Waals surface area contributed by atoms with Crippen LogP contribution in [0, 0.1) is 0 Å². The molecule has 0 aromatic rings. The van der Waals surface area contributed by atoms with Gasteiger partial charge < -0.3 is 0 Å². The van der Waals surface area contributed by atoms with Crippen LogP contribution < -0.4 is 0 Å². The van der Waals surface area contributed by atoms with Crippen molar-refractivity contribution >= 4 is 41.8 Å². The van der Waals surface area contributed by atoms with Crippen LogP contribution in [0.2, 0.25) is 0 Å². The van der Waals surface area contributed by atoms with Crippen LogP contribution in [0.3, 0.4) is 0 Å². The Morgan fingerprint density at radius 3 is 2.50 bits per heavy atom. The number of rotatable bonds is 3. The minimum Gasteiger partial charge on any atom is -0.0864 e. The summed E-state index contributed by atoms with van der Waals surface area (Å²) in [6.07, 6.45) is 2.48. The molecule has 0 radical (unpaired) electrons. The lowest BCUT2D eigenvalue weighted by Crippen LogP contribution is -1.70. The van der Waals surface area contributed by atoms with Gasteiger partial charge in [0.2, 0.25) is 0 Å². The quantitative estimate of drug-likeness (QED) is 0.311. The first kappa shape index (κ1) is 7.25. The highest BCUT2D eigenvalue weighted by Crippen LogP contribution is 1.97. The summed E-state index contributed by atoms with van der Waals surface area (Å²) in [6.45, 7) is 0. The first-order chi connectivity index (χ1) is 2.91. The Morgan fingerprint density at radius 1 is 1.67 bits per heavy atom. The Bertz CT molecular complexity index is 39.8. The van der Waals surface area contributed by atoms with Crippen molar-refractivity contribution in [2.24, 2.45) is 0 Å². The third-order valence-corrected chi connectivity index (χ3v) is 2.19. The minimum atomic E-state index is 1.12. The second kappa shape index (κ2) is 6.25. The molecule has 0 aliphatic carbocycles. The molecule has 0 heterocycles. The smallest absolute Gasteiger partial charge is 0.000573 e. The predicted octanol–water partition coefficient (Wildman–Crippen LogP) is 2.22. The maximum absolute atomic E-state index is 4.69. The zero-order valence-electron chi connectivity index (χ0n) is 3.35. The Hall–Kier alpha value is 1.25. The summed E-state index contributed by atoms with van der Waals surface area (Å²) in [6, 6.07) is 0. The molecule has 0 bridgehead atoms. The van der Waals surface area contributed by atoms with Gasteiger partial charge in [-0.2, -0.15) is 0 Å². The van der Waals surface area contributed by atoms with E-state index in [1.165, 1.54) is 17.0 Å². The molecule has 0 N–H and O–H groups in total. The summed E-state index contributed by atoms with van der Waals surface area (Å²) in [5.41, 5.74) is 0. The van der Waals surface area contributed by atoms with Gasteiger partial charge in [-0.3, -0.25) is 0 Å². The van der Waals surface area contributed by atoms with Crippen LogP contribution in [0.25, 0.3) is 0 Å². The van der Waals surface area contributed by atoms with Crippen molar-refractivity contribution in [1.82, 2.24) is 0 Å². The molecule has 0 unspecified atom stereocenters. The molecule has 0 aliphatic rings. The maximum atomic E-state index is 4.69. The van der Waals surface area contributed by atoms with Gasteiger partial charge in [-0.1, -0.05) is 34.4 Å². The zero-order chi connectivity index (χ0) is 4.83. The van der Waals surface area contributed by atoms with Gasteiger partial charge in [-0.05, 0) is 13.8 Å². The summed E-state index contributed by atoms with van der Waals surface area (Å²) in [7, 11) is 1.12. The first-order valence-corrected chi connectivity index (χ1v) is 5.38. The molecule has 3 heteroatoms. The number of hydrogen-bond acceptors (Lipinski definition) is 1. The predicted molar refractivity (Wildman–Crippen MR) is 42.7 cm³/mol. The second-order valence-corrected chi connectivity index (χ2v) is 3.45. The van der Waals surface area contributed by atoms with Crippen molar-refractivity contribution in [1.29, 1.82) is 0 Å². The van der Waals surface area contributed by atoms with Crippen molar-refractivity contribution in [3.8, 4) is 0 Å². The van der Waals surface area contributed by atoms with E-state index >= 15 is 0 Å². The topological polar surface area (TPSA) is 0 Å². The van der Waals surface area contributed by atoms with Crippen molar-refractivity contribution < 1.29 is 0 Å². The van der Waals surface area contributed by atoms with Crippen molar-refractivity contribution in [2.75, 3.05) is 10.6 Å². The monoisotopic (exact) mass is 232 g/mol. The van der Waals surface area contributed by atoms with Gasteiger partial charge in [0.25, 0.3) is 0 Å². The average molecular weight is 232 g/mol. The second-order valence-electron chi connectivity index (χ2n) is 0.895. The molecule has 0 aliphatic heterocycles. The van der Waals surface area contributed by atoms with Crippen LogP contribution in [-0.4, -0.2) is 10.6 Å². The summed E-state index contributed by atoms with van der Waals surface area (Å²) < 4.78 is 1.25. The van der Waals surface area contributed by atoms with Gasteiger partial charge >= 0.3 is 0 Å². The number of halogens is 1. The van der Waals surface area contributed by atoms with E-state index in [9.17, 15) is 0 Å². The van der Waals surface area contributed by atoms with Crippen LogP contribution in [0.1, 0.15) is 6.42 Å². The van der Waals surface area contributed by atoms with Crippen molar-refractivity contribution in [2.45, 2.75) is 6.42 Å². The fourth-order valence-corrected chi connectivity index (χ4v) is 1.78. The van der Waals surface area contributed by atoms with E-state index in [2.05, 4.69) is 34.4 Å². The Balaban J connectivity index is 2.49. The maximum Gasteiger partial charge on any atom is 0.000573 e. The molecule has 0 saturated heterocycles. The van der Waals surface area contributed by atoms with E-state index in [4.69, 9.17) is 0 Å². The number of hydrogen-bond donors (Lipinski definition) is 0. The molecule has 0 aromatic heterocycles. The fourth-order valence-electron chi connectivity index (χ4n) is 0.124. The molecule has 0 saturated carbocycles. The first-order valence-electron chi connectivity index (χ1n) is 1.77. The number of alkyl halides is 1. The standard InChI is InChI=1S/C3H6IPS/c4-2-1-3-5-6/h1-3H2. The van der Waals surface area contributed by atoms with E-state index in [-0.39, 0.29) is 0 Å². The zero-order valence-corrected chi connectivity index (χ0v) is 7.22. The lowest BCUT2D eigenvalue weighted by Gasteiger charge is -1.78. The SMILES string of the molecule is S=PCCCI. The van der Waals surface area contributed by atoms with Crippen molar-refractivity contribution in [3.05, 3.63) is 0 Å². The van der Waals surface area contributed by atoms with E-state index in [0.29, 0.717) is 0 Å². The molecule has 36 valence electrons. The highest BCUT2D eigenvalue weighted by atomic mass is 127. The third-order valence-electron chi connectivity index (χ3n) is 0.383. The Kier molecular flexibility index (Phi) is 7.55. The van der Waals surface area contributed by atoms with Gasteiger partial charge in [-0.15, -0.1) is 0 Å². The molecular weight excluding hydrogens is 226 g/mol. The van der Waals surface area contributed by atoms with E-state index in [1.807, 2.05) is 0 Å². The summed E-state index contributed by atoms with van der Waals surface area (Å²) in [5, 5.41) is 0. The van der Waals surface area contributed by atoms with E-state index in [1.54, 1.807) is 0 Å². The van der Waals surface area contributed by atoms with Crippen LogP contribution in [-0.2, 0) is 11.8 Å². The van der Waals surface area contributed by atoms with E-state index < -0.39 is 0 Å².